The van der Waals surface area contributed by atoms with Gasteiger partial charge in [0.25, 0.3) is 5.91 Å². The van der Waals surface area contributed by atoms with Gasteiger partial charge in [0.2, 0.25) is 10.0 Å². The number of aromatic carboxylic acids is 1. The number of rotatable bonds is 6. The number of piperidine rings is 1. The number of nitrogens with one attached hydrogen (secondary N) is 1. The molecule has 0 spiro atoms. The van der Waals surface area contributed by atoms with Crippen LogP contribution in [-0.2, 0) is 10.0 Å². The lowest BCUT2D eigenvalue weighted by Gasteiger charge is -2.26. The van der Waals surface area contributed by atoms with Gasteiger partial charge in [-0.1, -0.05) is 18.6 Å². The molecule has 2 aromatic rings. The molecule has 154 valence electrons. The monoisotopic (exact) mass is 418 g/mol. The number of carboxylic acid groups (broad SMARTS) is 1. The Balaban J connectivity index is 1.93. The number of carboxylic acids is 1. The summed E-state index contributed by atoms with van der Waals surface area (Å²) in [5, 5.41) is 11.8. The SMILES string of the molecule is COc1ccc(NC(=O)c2ccccc2C(=O)O)cc1S(=O)(=O)N1CCCCC1. The van der Waals surface area contributed by atoms with Gasteiger partial charge in [-0.2, -0.15) is 4.31 Å². The number of hydrogen-bond donors (Lipinski definition) is 2. The normalized spacial score (nSPS) is 14.9. The van der Waals surface area contributed by atoms with Gasteiger partial charge in [0.05, 0.1) is 18.2 Å². The van der Waals surface area contributed by atoms with Crippen molar-refractivity contribution < 1.29 is 27.9 Å². The van der Waals surface area contributed by atoms with Crippen LogP contribution in [0, 0.1) is 0 Å². The van der Waals surface area contributed by atoms with Gasteiger partial charge < -0.3 is 15.2 Å². The lowest BCUT2D eigenvalue weighted by Crippen LogP contribution is -2.35. The Hall–Kier alpha value is -2.91. The highest BCUT2D eigenvalue weighted by atomic mass is 32.2. The zero-order chi connectivity index (χ0) is 21.0. The van der Waals surface area contributed by atoms with E-state index in [1.54, 1.807) is 6.07 Å². The first kappa shape index (κ1) is 20.8. The number of nitrogens with zero attached hydrogens (tertiary/aromatic N) is 1. The molecule has 1 fully saturated rings. The van der Waals surface area contributed by atoms with E-state index in [1.807, 2.05) is 0 Å². The summed E-state index contributed by atoms with van der Waals surface area (Å²) in [4.78, 5) is 23.9. The molecule has 0 atom stereocenters. The van der Waals surface area contributed by atoms with Crippen LogP contribution in [0.3, 0.4) is 0 Å². The van der Waals surface area contributed by atoms with Crippen LogP contribution in [0.4, 0.5) is 5.69 Å². The van der Waals surface area contributed by atoms with E-state index in [-0.39, 0.29) is 27.5 Å². The van der Waals surface area contributed by atoms with Crippen LogP contribution in [0.2, 0.25) is 0 Å². The Kier molecular flexibility index (Phi) is 6.19. The molecule has 0 aromatic heterocycles. The quantitative estimate of drug-likeness (QED) is 0.746. The first-order valence-corrected chi connectivity index (χ1v) is 10.6. The molecule has 29 heavy (non-hydrogen) atoms. The minimum Gasteiger partial charge on any atom is -0.495 e. The molecule has 0 saturated carbocycles. The summed E-state index contributed by atoms with van der Waals surface area (Å²) in [6.45, 7) is 0.877. The minimum absolute atomic E-state index is 0.0174. The van der Waals surface area contributed by atoms with E-state index in [2.05, 4.69) is 5.32 Å². The second-order valence-electron chi connectivity index (χ2n) is 6.64. The van der Waals surface area contributed by atoms with Crippen LogP contribution in [0.15, 0.2) is 47.4 Å². The van der Waals surface area contributed by atoms with Gasteiger partial charge in [-0.05, 0) is 43.2 Å². The Bertz CT molecular complexity index is 1030. The fourth-order valence-corrected chi connectivity index (χ4v) is 4.97. The molecule has 0 unspecified atom stereocenters. The molecular weight excluding hydrogens is 396 g/mol. The Morgan fingerprint density at radius 1 is 1.03 bits per heavy atom. The maximum absolute atomic E-state index is 13.1. The van der Waals surface area contributed by atoms with E-state index in [1.165, 1.54) is 47.8 Å². The molecule has 2 N–H and O–H groups in total. The second-order valence-corrected chi connectivity index (χ2v) is 8.54. The topological polar surface area (TPSA) is 113 Å². The number of ether oxygens (including phenoxy) is 1. The maximum atomic E-state index is 13.1. The second kappa shape index (κ2) is 8.62. The number of amides is 1. The third kappa shape index (κ3) is 4.41. The van der Waals surface area contributed by atoms with Gasteiger partial charge >= 0.3 is 5.97 Å². The van der Waals surface area contributed by atoms with Crippen molar-refractivity contribution in [1.82, 2.24) is 4.31 Å². The minimum atomic E-state index is -3.79. The molecule has 0 radical (unpaired) electrons. The smallest absolute Gasteiger partial charge is 0.336 e. The van der Waals surface area contributed by atoms with Crippen LogP contribution < -0.4 is 10.1 Å². The first-order valence-electron chi connectivity index (χ1n) is 9.16. The summed E-state index contributed by atoms with van der Waals surface area (Å²) >= 11 is 0. The molecule has 1 aliphatic rings. The number of sulfonamides is 1. The van der Waals surface area contributed by atoms with E-state index in [9.17, 15) is 23.1 Å². The summed E-state index contributed by atoms with van der Waals surface area (Å²) in [5.74, 6) is -1.69. The van der Waals surface area contributed by atoms with Gasteiger partial charge in [0, 0.05) is 18.8 Å². The van der Waals surface area contributed by atoms with Crippen molar-refractivity contribution in [2.24, 2.45) is 0 Å². The summed E-state index contributed by atoms with van der Waals surface area (Å²) in [6.07, 6.45) is 2.58. The number of benzene rings is 2. The van der Waals surface area contributed by atoms with E-state index < -0.39 is 21.9 Å². The number of methoxy groups -OCH3 is 1. The van der Waals surface area contributed by atoms with Gasteiger partial charge in [0.15, 0.2) is 0 Å². The summed E-state index contributed by atoms with van der Waals surface area (Å²) < 4.78 is 32.8. The van der Waals surface area contributed by atoms with Crippen LogP contribution in [0.5, 0.6) is 5.75 Å². The average Bonchev–Trinajstić information content (AvgIpc) is 2.74. The average molecular weight is 418 g/mol. The van der Waals surface area contributed by atoms with E-state index in [0.717, 1.165) is 19.3 Å². The highest BCUT2D eigenvalue weighted by molar-refractivity contribution is 7.89. The molecule has 0 aliphatic carbocycles. The largest absolute Gasteiger partial charge is 0.495 e. The summed E-state index contributed by atoms with van der Waals surface area (Å²) in [6, 6.07) is 10.1. The van der Waals surface area contributed by atoms with Crippen molar-refractivity contribution >= 4 is 27.6 Å². The van der Waals surface area contributed by atoms with Crippen molar-refractivity contribution in [2.45, 2.75) is 24.2 Å². The molecule has 1 saturated heterocycles. The number of carbonyl (C=O) groups excluding carboxylic acids is 1. The van der Waals surface area contributed by atoms with Gasteiger partial charge in [-0.3, -0.25) is 4.79 Å². The maximum Gasteiger partial charge on any atom is 0.336 e. The van der Waals surface area contributed by atoms with E-state index in [0.29, 0.717) is 13.1 Å². The van der Waals surface area contributed by atoms with Crippen molar-refractivity contribution in [1.29, 1.82) is 0 Å². The molecular formula is C20H22N2O6S. The number of anilines is 1. The van der Waals surface area contributed by atoms with Crippen molar-refractivity contribution in [3.05, 3.63) is 53.6 Å². The molecule has 3 rings (SSSR count). The van der Waals surface area contributed by atoms with Gasteiger partial charge in [-0.15, -0.1) is 0 Å². The van der Waals surface area contributed by atoms with Crippen molar-refractivity contribution in [3.63, 3.8) is 0 Å². The predicted molar refractivity (Wildman–Crippen MR) is 107 cm³/mol. The number of hydrogen-bond acceptors (Lipinski definition) is 5. The third-order valence-electron chi connectivity index (χ3n) is 4.76. The fraction of sp³-hybridized carbons (Fsp3) is 0.300. The predicted octanol–water partition coefficient (Wildman–Crippen LogP) is 2.82. The lowest BCUT2D eigenvalue weighted by molar-refractivity contribution is 0.0692. The highest BCUT2D eigenvalue weighted by Gasteiger charge is 2.29. The van der Waals surface area contributed by atoms with Crippen molar-refractivity contribution in [2.75, 3.05) is 25.5 Å². The molecule has 1 heterocycles. The molecule has 1 amide bonds. The molecule has 2 aromatic carbocycles. The zero-order valence-electron chi connectivity index (χ0n) is 15.9. The standard InChI is InChI=1S/C20H22N2O6S/c1-28-17-10-9-14(13-18(17)29(26,27)22-11-5-2-6-12-22)21-19(23)15-7-3-4-8-16(15)20(24)25/h3-4,7-10,13H,2,5-6,11-12H2,1H3,(H,21,23)(H,24,25). The summed E-state index contributed by atoms with van der Waals surface area (Å²) in [5.41, 5.74) is 0.0718. The van der Waals surface area contributed by atoms with E-state index >= 15 is 0 Å². The molecule has 8 nitrogen and oxygen atoms in total. The first-order chi connectivity index (χ1) is 13.8. The highest BCUT2D eigenvalue weighted by Crippen LogP contribution is 2.31. The third-order valence-corrected chi connectivity index (χ3v) is 6.68. The zero-order valence-corrected chi connectivity index (χ0v) is 16.7. The molecule has 0 bridgehead atoms. The van der Waals surface area contributed by atoms with Crippen LogP contribution in [0.25, 0.3) is 0 Å². The van der Waals surface area contributed by atoms with Gasteiger partial charge in [0.1, 0.15) is 10.6 Å². The summed E-state index contributed by atoms with van der Waals surface area (Å²) in [7, 11) is -2.41. The molecule has 1 aliphatic heterocycles. The Morgan fingerprint density at radius 3 is 2.31 bits per heavy atom. The lowest BCUT2D eigenvalue weighted by atomic mass is 10.1. The van der Waals surface area contributed by atoms with E-state index in [4.69, 9.17) is 4.74 Å². The van der Waals surface area contributed by atoms with Crippen LogP contribution in [0.1, 0.15) is 40.0 Å². The molecule has 9 heteroatoms. The van der Waals surface area contributed by atoms with Crippen molar-refractivity contribution in [3.8, 4) is 5.75 Å². The number of carbonyl (C=O) groups is 2. The van der Waals surface area contributed by atoms with Crippen LogP contribution in [-0.4, -0.2) is 49.9 Å². The Labute approximate surface area is 169 Å². The van der Waals surface area contributed by atoms with Gasteiger partial charge in [-0.25, -0.2) is 13.2 Å². The Morgan fingerprint density at radius 2 is 1.69 bits per heavy atom. The fourth-order valence-electron chi connectivity index (χ4n) is 3.27. The van der Waals surface area contributed by atoms with Crippen LogP contribution >= 0.6 is 0 Å².